The minimum absolute atomic E-state index is 0. The zero-order valence-corrected chi connectivity index (χ0v) is 18.0. The van der Waals surface area contributed by atoms with Crippen molar-refractivity contribution in [3.05, 3.63) is 34.7 Å². The molecule has 2 rings (SSSR count). The Balaban J connectivity index is 0.00000288. The predicted octanol–water partition coefficient (Wildman–Crippen LogP) is 3.20. The number of aromatic nitrogens is 2. The van der Waals surface area contributed by atoms with Gasteiger partial charge in [-0.25, -0.2) is 9.98 Å². The van der Waals surface area contributed by atoms with Gasteiger partial charge >= 0.3 is 0 Å². The number of imidazole rings is 1. The van der Waals surface area contributed by atoms with Gasteiger partial charge in [0.05, 0.1) is 12.2 Å². The molecule has 0 aliphatic rings. The Morgan fingerprint density at radius 3 is 2.88 bits per heavy atom. The van der Waals surface area contributed by atoms with Crippen molar-refractivity contribution in [2.45, 2.75) is 26.8 Å². The molecule has 0 radical (unpaired) electrons. The fourth-order valence-corrected chi connectivity index (χ4v) is 2.47. The van der Waals surface area contributed by atoms with Crippen LogP contribution in [0.3, 0.4) is 0 Å². The van der Waals surface area contributed by atoms with Crippen molar-refractivity contribution in [2.24, 2.45) is 4.99 Å². The average Bonchev–Trinajstić information content (AvgIpc) is 2.94. The third-order valence-corrected chi connectivity index (χ3v) is 3.64. The lowest BCUT2D eigenvalue weighted by Crippen LogP contribution is -2.38. The topological polar surface area (TPSA) is 63.0 Å². The van der Waals surface area contributed by atoms with Gasteiger partial charge in [-0.1, -0.05) is 0 Å². The summed E-state index contributed by atoms with van der Waals surface area (Å²) in [6, 6.07) is 3.97. The molecule has 2 heterocycles. The van der Waals surface area contributed by atoms with E-state index in [-0.39, 0.29) is 24.0 Å². The van der Waals surface area contributed by atoms with Crippen LogP contribution in [0, 0.1) is 0 Å². The Hall–Kier alpha value is -0.870. The van der Waals surface area contributed by atoms with Gasteiger partial charge in [0.25, 0.3) is 0 Å². The van der Waals surface area contributed by atoms with E-state index in [0.29, 0.717) is 6.54 Å². The Labute approximate surface area is 168 Å². The number of guanidine groups is 1. The van der Waals surface area contributed by atoms with E-state index in [1.54, 1.807) is 0 Å². The zero-order valence-electron chi connectivity index (χ0n) is 14.1. The number of pyridine rings is 1. The molecular weight excluding hydrogens is 485 g/mol. The Bertz CT molecular complexity index is 646. The number of fused-ring (bicyclic) bond motifs is 1. The second-order valence-corrected chi connectivity index (χ2v) is 5.93. The van der Waals surface area contributed by atoms with Crippen LogP contribution in [0.5, 0.6) is 0 Å². The van der Waals surface area contributed by atoms with Crippen LogP contribution in [-0.4, -0.2) is 41.6 Å². The van der Waals surface area contributed by atoms with Gasteiger partial charge in [0.2, 0.25) is 0 Å². The lowest BCUT2D eigenvalue weighted by Gasteiger charge is -2.10. The highest BCUT2D eigenvalue weighted by molar-refractivity contribution is 14.0. The van der Waals surface area contributed by atoms with E-state index in [0.717, 1.165) is 54.5 Å². The van der Waals surface area contributed by atoms with E-state index < -0.39 is 0 Å². The minimum atomic E-state index is 0. The molecule has 0 amide bonds. The van der Waals surface area contributed by atoms with Gasteiger partial charge < -0.3 is 19.8 Å². The van der Waals surface area contributed by atoms with Crippen LogP contribution in [0.1, 0.15) is 26.0 Å². The summed E-state index contributed by atoms with van der Waals surface area (Å²) < 4.78 is 8.36. The molecule has 0 spiro atoms. The number of hydrogen-bond acceptors (Lipinski definition) is 3. The largest absolute Gasteiger partial charge is 0.382 e. The number of rotatable bonds is 8. The molecule has 134 valence electrons. The number of aliphatic imine (C=N–C) groups is 1. The molecule has 0 fully saturated rings. The van der Waals surface area contributed by atoms with Crippen LogP contribution >= 0.6 is 39.9 Å². The molecule has 2 aromatic heterocycles. The minimum Gasteiger partial charge on any atom is -0.382 e. The summed E-state index contributed by atoms with van der Waals surface area (Å²) >= 11 is 3.46. The van der Waals surface area contributed by atoms with Crippen LogP contribution < -0.4 is 10.6 Å². The molecule has 8 heteroatoms. The maximum atomic E-state index is 5.33. The molecule has 0 bridgehead atoms. The van der Waals surface area contributed by atoms with E-state index in [4.69, 9.17) is 4.74 Å². The van der Waals surface area contributed by atoms with E-state index >= 15 is 0 Å². The Morgan fingerprint density at radius 2 is 2.12 bits per heavy atom. The third kappa shape index (κ3) is 6.94. The highest BCUT2D eigenvalue weighted by atomic mass is 127. The zero-order chi connectivity index (χ0) is 16.5. The molecule has 0 saturated heterocycles. The van der Waals surface area contributed by atoms with Crippen molar-refractivity contribution in [1.82, 2.24) is 20.0 Å². The van der Waals surface area contributed by atoms with E-state index in [1.165, 1.54) is 0 Å². The molecule has 0 atom stereocenters. The van der Waals surface area contributed by atoms with Crippen LogP contribution in [0.15, 0.2) is 34.0 Å². The maximum Gasteiger partial charge on any atom is 0.191 e. The molecule has 0 aromatic carbocycles. The van der Waals surface area contributed by atoms with Gasteiger partial charge in [-0.15, -0.1) is 24.0 Å². The van der Waals surface area contributed by atoms with Crippen molar-refractivity contribution in [3.63, 3.8) is 0 Å². The molecule has 0 saturated carbocycles. The fraction of sp³-hybridized carbons (Fsp3) is 0.500. The maximum absolute atomic E-state index is 5.33. The summed E-state index contributed by atoms with van der Waals surface area (Å²) in [7, 11) is 0. The summed E-state index contributed by atoms with van der Waals surface area (Å²) in [6.07, 6.45) is 4.95. The molecule has 6 nitrogen and oxygen atoms in total. The second-order valence-electron chi connectivity index (χ2n) is 5.02. The van der Waals surface area contributed by atoms with Gasteiger partial charge in [-0.2, -0.15) is 0 Å². The van der Waals surface area contributed by atoms with Gasteiger partial charge in [0.1, 0.15) is 5.65 Å². The van der Waals surface area contributed by atoms with Crippen molar-refractivity contribution in [1.29, 1.82) is 0 Å². The van der Waals surface area contributed by atoms with Crippen molar-refractivity contribution in [2.75, 3.05) is 26.3 Å². The van der Waals surface area contributed by atoms with Crippen molar-refractivity contribution in [3.8, 4) is 0 Å². The summed E-state index contributed by atoms with van der Waals surface area (Å²) in [6.45, 7) is 7.80. The molecule has 0 aliphatic heterocycles. The average molecular weight is 510 g/mol. The molecular formula is C16H25BrIN5O. The summed E-state index contributed by atoms with van der Waals surface area (Å²) in [5.41, 5.74) is 1.86. The van der Waals surface area contributed by atoms with E-state index in [2.05, 4.69) is 43.5 Å². The monoisotopic (exact) mass is 509 g/mol. The van der Waals surface area contributed by atoms with Gasteiger partial charge in [0, 0.05) is 43.2 Å². The lowest BCUT2D eigenvalue weighted by atomic mass is 10.4. The van der Waals surface area contributed by atoms with Crippen LogP contribution in [0.4, 0.5) is 0 Å². The number of nitrogens with one attached hydrogen (secondary N) is 2. The second kappa shape index (κ2) is 11.6. The number of hydrogen-bond donors (Lipinski definition) is 2. The SMILES string of the molecule is CCNC(=NCc1cn2cc(Br)ccc2n1)NCCCOCC.I. The molecule has 0 unspecified atom stereocenters. The van der Waals surface area contributed by atoms with Crippen molar-refractivity contribution < 1.29 is 4.74 Å². The number of halogens is 2. The smallest absolute Gasteiger partial charge is 0.191 e. The van der Waals surface area contributed by atoms with E-state index in [9.17, 15) is 0 Å². The first-order chi connectivity index (χ1) is 11.2. The summed E-state index contributed by atoms with van der Waals surface area (Å²) in [5, 5.41) is 6.55. The summed E-state index contributed by atoms with van der Waals surface area (Å²) in [4.78, 5) is 9.15. The van der Waals surface area contributed by atoms with Gasteiger partial charge in [0.15, 0.2) is 5.96 Å². The Kier molecular flexibility index (Phi) is 10.3. The first kappa shape index (κ1) is 21.2. The summed E-state index contributed by atoms with van der Waals surface area (Å²) in [5.74, 6) is 0.808. The van der Waals surface area contributed by atoms with Crippen LogP contribution in [0.25, 0.3) is 5.65 Å². The molecule has 2 N–H and O–H groups in total. The quantitative estimate of drug-likeness (QED) is 0.248. The number of nitrogens with zero attached hydrogens (tertiary/aromatic N) is 3. The first-order valence-electron chi connectivity index (χ1n) is 7.96. The molecule has 2 aromatic rings. The standard InChI is InChI=1S/C16H24BrN5O.HI/c1-3-18-16(19-8-5-9-23-4-2)20-10-14-12-22-11-13(17)6-7-15(22)21-14;/h6-7,11-12H,3-5,8-10H2,1-2H3,(H2,18,19,20);1H. The highest BCUT2D eigenvalue weighted by Crippen LogP contribution is 2.12. The molecule has 24 heavy (non-hydrogen) atoms. The lowest BCUT2D eigenvalue weighted by molar-refractivity contribution is 0.145. The molecule has 0 aliphatic carbocycles. The first-order valence-corrected chi connectivity index (χ1v) is 8.75. The van der Waals surface area contributed by atoms with Gasteiger partial charge in [-0.3, -0.25) is 0 Å². The number of ether oxygens (including phenoxy) is 1. The fourth-order valence-electron chi connectivity index (χ4n) is 2.12. The van der Waals surface area contributed by atoms with E-state index in [1.807, 2.05) is 35.9 Å². The third-order valence-electron chi connectivity index (χ3n) is 3.17. The Morgan fingerprint density at radius 1 is 1.29 bits per heavy atom. The highest BCUT2D eigenvalue weighted by Gasteiger charge is 2.02. The van der Waals surface area contributed by atoms with Gasteiger partial charge in [-0.05, 0) is 48.3 Å². The normalized spacial score (nSPS) is 11.4. The predicted molar refractivity (Wildman–Crippen MR) is 112 cm³/mol. The van der Waals surface area contributed by atoms with Crippen LogP contribution in [0.2, 0.25) is 0 Å². The van der Waals surface area contributed by atoms with Crippen molar-refractivity contribution >= 4 is 51.5 Å². The van der Waals surface area contributed by atoms with Crippen LogP contribution in [-0.2, 0) is 11.3 Å².